The summed E-state index contributed by atoms with van der Waals surface area (Å²) in [5.74, 6) is 5.16. The van der Waals surface area contributed by atoms with Crippen LogP contribution in [-0.2, 0) is 13.0 Å². The molecule has 3 heteroatoms. The van der Waals surface area contributed by atoms with E-state index >= 15 is 0 Å². The third-order valence-electron chi connectivity index (χ3n) is 5.94. The minimum absolute atomic E-state index is 0.680. The molecule has 3 nitrogen and oxygen atoms in total. The van der Waals surface area contributed by atoms with E-state index in [1.807, 2.05) is 4.68 Å². The second-order valence-corrected chi connectivity index (χ2v) is 7.20. The van der Waals surface area contributed by atoms with Crippen LogP contribution in [-0.4, -0.2) is 16.3 Å². The summed E-state index contributed by atoms with van der Waals surface area (Å²) in [5.41, 5.74) is 7.02. The van der Waals surface area contributed by atoms with Crippen LogP contribution in [0.1, 0.15) is 37.7 Å². The molecule has 1 aromatic rings. The van der Waals surface area contributed by atoms with E-state index in [0.717, 1.165) is 36.1 Å². The van der Waals surface area contributed by atoms with Gasteiger partial charge in [0.2, 0.25) is 0 Å². The molecular formula is C16H25N3. The summed E-state index contributed by atoms with van der Waals surface area (Å²) < 4.78 is 2.01. The van der Waals surface area contributed by atoms with E-state index in [4.69, 9.17) is 5.73 Å². The number of hydrogen-bond acceptors (Lipinski definition) is 2. The van der Waals surface area contributed by atoms with E-state index in [0.29, 0.717) is 6.54 Å². The molecule has 4 aliphatic carbocycles. The van der Waals surface area contributed by atoms with Crippen molar-refractivity contribution < 1.29 is 0 Å². The van der Waals surface area contributed by atoms with Crippen LogP contribution in [0, 0.1) is 29.6 Å². The van der Waals surface area contributed by atoms with Gasteiger partial charge in [-0.3, -0.25) is 4.68 Å². The zero-order valence-electron chi connectivity index (χ0n) is 11.7. The van der Waals surface area contributed by atoms with Gasteiger partial charge < -0.3 is 5.73 Å². The van der Waals surface area contributed by atoms with Crippen molar-refractivity contribution in [3.05, 3.63) is 18.0 Å². The van der Waals surface area contributed by atoms with E-state index in [1.165, 1.54) is 37.7 Å². The summed E-state index contributed by atoms with van der Waals surface area (Å²) >= 11 is 0. The van der Waals surface area contributed by atoms with Gasteiger partial charge >= 0.3 is 0 Å². The largest absolute Gasteiger partial charge is 0.329 e. The maximum Gasteiger partial charge on any atom is 0.0531 e. The Labute approximate surface area is 115 Å². The van der Waals surface area contributed by atoms with Gasteiger partial charge in [0.25, 0.3) is 0 Å². The van der Waals surface area contributed by atoms with E-state index < -0.39 is 0 Å². The number of hydrogen-bond donors (Lipinski definition) is 1. The molecule has 2 N–H and O–H groups in total. The van der Waals surface area contributed by atoms with Crippen LogP contribution in [0.2, 0.25) is 0 Å². The van der Waals surface area contributed by atoms with Crippen LogP contribution in [0.25, 0.3) is 0 Å². The third kappa shape index (κ3) is 2.12. The Bertz CT molecular complexity index is 423. The summed E-state index contributed by atoms with van der Waals surface area (Å²) in [5, 5.41) is 4.43. The molecule has 0 aliphatic heterocycles. The lowest BCUT2D eigenvalue weighted by Gasteiger charge is -2.54. The van der Waals surface area contributed by atoms with Gasteiger partial charge in [0.15, 0.2) is 0 Å². The number of nitrogens with zero attached hydrogens (tertiary/aromatic N) is 2. The Morgan fingerprint density at radius 3 is 2.42 bits per heavy atom. The number of aromatic nitrogens is 2. The molecule has 1 aromatic heterocycles. The molecule has 0 unspecified atom stereocenters. The van der Waals surface area contributed by atoms with Crippen molar-refractivity contribution in [1.29, 1.82) is 0 Å². The molecule has 0 amide bonds. The Hall–Kier alpha value is -0.830. The molecule has 104 valence electrons. The number of nitrogens with two attached hydrogens (primary N) is 1. The highest BCUT2D eigenvalue weighted by Crippen LogP contribution is 2.57. The van der Waals surface area contributed by atoms with Crippen molar-refractivity contribution >= 4 is 0 Å². The van der Waals surface area contributed by atoms with Crippen molar-refractivity contribution in [2.45, 2.75) is 45.1 Å². The highest BCUT2D eigenvalue weighted by atomic mass is 15.3. The Balaban J connectivity index is 1.47. The van der Waals surface area contributed by atoms with Gasteiger partial charge in [-0.25, -0.2) is 0 Å². The zero-order valence-corrected chi connectivity index (χ0v) is 11.7. The molecule has 4 aliphatic rings. The maximum atomic E-state index is 5.59. The molecule has 5 rings (SSSR count). The molecular weight excluding hydrogens is 234 g/mol. The molecule has 0 saturated heterocycles. The minimum Gasteiger partial charge on any atom is -0.329 e. The van der Waals surface area contributed by atoms with Crippen LogP contribution >= 0.6 is 0 Å². The Morgan fingerprint density at radius 2 is 1.79 bits per heavy atom. The van der Waals surface area contributed by atoms with Gasteiger partial charge in [0, 0.05) is 12.7 Å². The zero-order chi connectivity index (χ0) is 12.8. The lowest BCUT2D eigenvalue weighted by molar-refractivity contribution is -0.0360. The summed E-state index contributed by atoms with van der Waals surface area (Å²) in [4.78, 5) is 0. The van der Waals surface area contributed by atoms with E-state index in [9.17, 15) is 0 Å². The quantitative estimate of drug-likeness (QED) is 0.902. The Kier molecular flexibility index (Phi) is 2.91. The summed E-state index contributed by atoms with van der Waals surface area (Å²) in [6, 6.07) is 0. The molecule has 0 atom stereocenters. The fourth-order valence-corrected chi connectivity index (χ4v) is 5.41. The molecule has 4 bridgehead atoms. The first-order chi connectivity index (χ1) is 9.31. The Morgan fingerprint density at radius 1 is 1.11 bits per heavy atom. The number of rotatable bonds is 4. The molecule has 0 radical (unpaired) electrons. The molecule has 0 aromatic carbocycles. The summed E-state index contributed by atoms with van der Waals surface area (Å²) in [7, 11) is 0. The first kappa shape index (κ1) is 12.0. The SMILES string of the molecule is NCCn1cc(CC2C3CC4CC(C3)CC2C4)cn1. The predicted octanol–water partition coefficient (Wildman–Crippen LogP) is 2.46. The molecule has 4 fully saturated rings. The maximum absolute atomic E-state index is 5.59. The standard InChI is InChI=1S/C16H25N3/c17-1-2-19-10-13(9-18-19)8-16-14-4-11-3-12(6-14)7-15(16)5-11/h9-12,14-16H,1-8,17H2. The van der Waals surface area contributed by atoms with Crippen molar-refractivity contribution in [3.63, 3.8) is 0 Å². The first-order valence-corrected chi connectivity index (χ1v) is 8.03. The molecule has 0 spiro atoms. The van der Waals surface area contributed by atoms with Crippen LogP contribution in [0.4, 0.5) is 0 Å². The fraction of sp³-hybridized carbons (Fsp3) is 0.812. The van der Waals surface area contributed by atoms with Gasteiger partial charge in [0.1, 0.15) is 0 Å². The van der Waals surface area contributed by atoms with Crippen molar-refractivity contribution in [1.82, 2.24) is 9.78 Å². The monoisotopic (exact) mass is 259 g/mol. The van der Waals surface area contributed by atoms with Crippen LogP contribution in [0.3, 0.4) is 0 Å². The molecule has 1 heterocycles. The lowest BCUT2D eigenvalue weighted by atomic mass is 9.51. The normalized spacial score (nSPS) is 39.9. The van der Waals surface area contributed by atoms with Crippen LogP contribution < -0.4 is 5.73 Å². The molecule has 19 heavy (non-hydrogen) atoms. The average Bonchev–Trinajstić information content (AvgIpc) is 2.81. The summed E-state index contributed by atoms with van der Waals surface area (Å²) in [6.07, 6.45) is 13.2. The second kappa shape index (κ2) is 4.62. The minimum atomic E-state index is 0.680. The van der Waals surface area contributed by atoms with Gasteiger partial charge in [0.05, 0.1) is 12.7 Å². The van der Waals surface area contributed by atoms with Gasteiger partial charge in [-0.05, 0) is 73.7 Å². The van der Waals surface area contributed by atoms with Crippen molar-refractivity contribution in [2.24, 2.45) is 35.3 Å². The predicted molar refractivity (Wildman–Crippen MR) is 75.5 cm³/mol. The van der Waals surface area contributed by atoms with Crippen molar-refractivity contribution in [2.75, 3.05) is 6.54 Å². The fourth-order valence-electron chi connectivity index (χ4n) is 5.41. The second-order valence-electron chi connectivity index (χ2n) is 7.20. The van der Waals surface area contributed by atoms with Gasteiger partial charge in [-0.1, -0.05) is 0 Å². The average molecular weight is 259 g/mol. The first-order valence-electron chi connectivity index (χ1n) is 8.03. The van der Waals surface area contributed by atoms with Gasteiger partial charge in [-0.2, -0.15) is 5.10 Å². The molecule has 4 saturated carbocycles. The van der Waals surface area contributed by atoms with E-state index in [1.54, 1.807) is 6.42 Å². The highest BCUT2D eigenvalue weighted by molar-refractivity contribution is 5.09. The highest BCUT2D eigenvalue weighted by Gasteiger charge is 2.47. The topological polar surface area (TPSA) is 43.8 Å². The summed E-state index contributed by atoms with van der Waals surface area (Å²) in [6.45, 7) is 1.53. The van der Waals surface area contributed by atoms with Crippen molar-refractivity contribution in [3.8, 4) is 0 Å². The lowest BCUT2D eigenvalue weighted by Crippen LogP contribution is -2.45. The third-order valence-corrected chi connectivity index (χ3v) is 5.94. The van der Waals surface area contributed by atoms with E-state index in [-0.39, 0.29) is 0 Å². The van der Waals surface area contributed by atoms with E-state index in [2.05, 4.69) is 17.5 Å². The van der Waals surface area contributed by atoms with Gasteiger partial charge in [-0.15, -0.1) is 0 Å². The van der Waals surface area contributed by atoms with Crippen LogP contribution in [0.15, 0.2) is 12.4 Å². The smallest absolute Gasteiger partial charge is 0.0531 e. The van der Waals surface area contributed by atoms with Crippen LogP contribution in [0.5, 0.6) is 0 Å².